The molecule has 0 unspecified atom stereocenters. The number of ether oxygens (including phenoxy) is 2. The van der Waals surface area contributed by atoms with Crippen molar-refractivity contribution >= 4 is 27.4 Å². The Morgan fingerprint density at radius 3 is 2.52 bits per heavy atom. The Morgan fingerprint density at radius 1 is 1.21 bits per heavy atom. The van der Waals surface area contributed by atoms with E-state index in [1.165, 1.54) is 39.5 Å². The van der Waals surface area contributed by atoms with Crippen molar-refractivity contribution in [3.8, 4) is 5.75 Å². The van der Waals surface area contributed by atoms with Gasteiger partial charge in [0.25, 0.3) is 5.91 Å². The fourth-order valence-electron chi connectivity index (χ4n) is 2.86. The Hall–Kier alpha value is -2.69. The van der Waals surface area contributed by atoms with Crippen molar-refractivity contribution in [2.45, 2.75) is 4.90 Å². The maximum Gasteiger partial charge on any atom is 0.257 e. The number of morpholine rings is 1. The summed E-state index contributed by atoms with van der Waals surface area (Å²) < 4.78 is 36.6. The minimum absolute atomic E-state index is 0.0245. The molecule has 1 saturated heterocycles. The zero-order chi connectivity index (χ0) is 21.0. The van der Waals surface area contributed by atoms with E-state index >= 15 is 0 Å². The van der Waals surface area contributed by atoms with Gasteiger partial charge in [0.15, 0.2) is 0 Å². The smallest absolute Gasteiger partial charge is 0.257 e. The van der Waals surface area contributed by atoms with Crippen molar-refractivity contribution in [2.75, 3.05) is 57.7 Å². The molecule has 1 fully saturated rings. The standard InChI is InChI=1S/C19H24N4O5S/c1-22(2)29(25,26)17-12-15(5-6-16(17)27-3)21-19(24)14-4-7-18(20-13-14)23-8-10-28-11-9-23/h4-7,12-13H,8-11H2,1-3H3,(H,21,24). The lowest BCUT2D eigenvalue weighted by Crippen LogP contribution is -2.36. The molecule has 9 nitrogen and oxygen atoms in total. The number of pyridine rings is 1. The molecular weight excluding hydrogens is 396 g/mol. The lowest BCUT2D eigenvalue weighted by molar-refractivity contribution is 0.102. The average Bonchev–Trinajstić information content (AvgIpc) is 2.74. The monoisotopic (exact) mass is 420 g/mol. The Kier molecular flexibility index (Phi) is 6.36. The number of anilines is 2. The number of aromatic nitrogens is 1. The topological polar surface area (TPSA) is 101 Å². The van der Waals surface area contributed by atoms with Crippen LogP contribution in [-0.4, -0.2) is 71.1 Å². The van der Waals surface area contributed by atoms with E-state index in [1.54, 1.807) is 18.2 Å². The molecule has 1 N–H and O–H groups in total. The number of hydrogen-bond donors (Lipinski definition) is 1. The van der Waals surface area contributed by atoms with Crippen LogP contribution in [0, 0.1) is 0 Å². The number of sulfonamides is 1. The highest BCUT2D eigenvalue weighted by molar-refractivity contribution is 7.89. The predicted molar refractivity (Wildman–Crippen MR) is 109 cm³/mol. The van der Waals surface area contributed by atoms with Gasteiger partial charge in [-0.3, -0.25) is 4.79 Å². The molecule has 1 aromatic carbocycles. The van der Waals surface area contributed by atoms with E-state index in [4.69, 9.17) is 9.47 Å². The summed E-state index contributed by atoms with van der Waals surface area (Å²) in [6.45, 7) is 2.82. The number of nitrogens with zero attached hydrogens (tertiary/aromatic N) is 3. The lowest BCUT2D eigenvalue weighted by Gasteiger charge is -2.27. The first-order chi connectivity index (χ1) is 13.8. The highest BCUT2D eigenvalue weighted by Gasteiger charge is 2.23. The second-order valence-corrected chi connectivity index (χ2v) is 8.73. The van der Waals surface area contributed by atoms with Crippen LogP contribution in [0.15, 0.2) is 41.4 Å². The summed E-state index contributed by atoms with van der Waals surface area (Å²) in [6.07, 6.45) is 1.50. The molecule has 1 aliphatic rings. The molecule has 0 saturated carbocycles. The third-order valence-electron chi connectivity index (χ3n) is 4.53. The summed E-state index contributed by atoms with van der Waals surface area (Å²) in [4.78, 5) is 19.0. The van der Waals surface area contributed by atoms with Crippen molar-refractivity contribution in [2.24, 2.45) is 0 Å². The van der Waals surface area contributed by atoms with Crippen molar-refractivity contribution in [1.82, 2.24) is 9.29 Å². The summed E-state index contributed by atoms with van der Waals surface area (Å²) in [7, 11) is 0.526. The van der Waals surface area contributed by atoms with Crippen LogP contribution in [0.2, 0.25) is 0 Å². The third-order valence-corrected chi connectivity index (χ3v) is 6.36. The molecule has 3 rings (SSSR count). The second-order valence-electron chi connectivity index (χ2n) is 6.61. The largest absolute Gasteiger partial charge is 0.495 e. The van der Waals surface area contributed by atoms with Gasteiger partial charge in [-0.2, -0.15) is 0 Å². The van der Waals surface area contributed by atoms with Crippen LogP contribution in [0.25, 0.3) is 0 Å². The van der Waals surface area contributed by atoms with E-state index in [9.17, 15) is 13.2 Å². The van der Waals surface area contributed by atoms with Gasteiger partial charge in [-0.1, -0.05) is 0 Å². The molecule has 1 amide bonds. The van der Waals surface area contributed by atoms with Crippen LogP contribution in [0.5, 0.6) is 5.75 Å². The van der Waals surface area contributed by atoms with E-state index in [-0.39, 0.29) is 16.6 Å². The van der Waals surface area contributed by atoms with Gasteiger partial charge in [0.1, 0.15) is 16.5 Å². The molecule has 0 spiro atoms. The van der Waals surface area contributed by atoms with Crippen molar-refractivity contribution in [1.29, 1.82) is 0 Å². The fraction of sp³-hybridized carbons (Fsp3) is 0.368. The highest BCUT2D eigenvalue weighted by Crippen LogP contribution is 2.29. The molecule has 0 bridgehead atoms. The summed E-state index contributed by atoms with van der Waals surface area (Å²) in [5.74, 6) is 0.603. The molecule has 1 aliphatic heterocycles. The van der Waals surface area contributed by atoms with Crippen molar-refractivity contribution in [3.05, 3.63) is 42.1 Å². The number of nitrogens with one attached hydrogen (secondary N) is 1. The van der Waals surface area contributed by atoms with Crippen LogP contribution in [0.1, 0.15) is 10.4 Å². The predicted octanol–water partition coefficient (Wildman–Crippen LogP) is 1.43. The first-order valence-corrected chi connectivity index (χ1v) is 10.5. The number of benzene rings is 1. The van der Waals surface area contributed by atoms with Gasteiger partial charge in [0, 0.05) is 39.1 Å². The van der Waals surface area contributed by atoms with E-state index in [1.807, 2.05) is 0 Å². The Labute approximate surface area is 170 Å². The van der Waals surface area contributed by atoms with E-state index in [2.05, 4.69) is 15.2 Å². The molecule has 1 aromatic heterocycles. The van der Waals surface area contributed by atoms with Crippen LogP contribution >= 0.6 is 0 Å². The molecule has 10 heteroatoms. The minimum Gasteiger partial charge on any atom is -0.495 e. The van der Waals surface area contributed by atoms with Crippen LogP contribution in [0.3, 0.4) is 0 Å². The Morgan fingerprint density at radius 2 is 1.93 bits per heavy atom. The number of hydrogen-bond acceptors (Lipinski definition) is 7. The first kappa shape index (κ1) is 21.0. The molecule has 156 valence electrons. The van der Waals surface area contributed by atoms with E-state index < -0.39 is 10.0 Å². The van der Waals surface area contributed by atoms with Crippen LogP contribution in [-0.2, 0) is 14.8 Å². The number of rotatable bonds is 6. The SMILES string of the molecule is COc1ccc(NC(=O)c2ccc(N3CCOCC3)nc2)cc1S(=O)(=O)N(C)C. The second kappa shape index (κ2) is 8.76. The van der Waals surface area contributed by atoms with Gasteiger partial charge >= 0.3 is 0 Å². The van der Waals surface area contributed by atoms with Crippen LogP contribution in [0.4, 0.5) is 11.5 Å². The number of methoxy groups -OCH3 is 1. The van der Waals surface area contributed by atoms with Gasteiger partial charge in [0.05, 0.1) is 25.9 Å². The van der Waals surface area contributed by atoms with E-state index in [0.29, 0.717) is 24.5 Å². The van der Waals surface area contributed by atoms with Gasteiger partial charge in [-0.15, -0.1) is 0 Å². The molecule has 0 atom stereocenters. The molecule has 2 heterocycles. The molecule has 0 radical (unpaired) electrons. The van der Waals surface area contributed by atoms with E-state index in [0.717, 1.165) is 23.2 Å². The number of carbonyl (C=O) groups excluding carboxylic acids is 1. The summed E-state index contributed by atoms with van der Waals surface area (Å²) in [6, 6.07) is 7.94. The fourth-order valence-corrected chi connectivity index (χ4v) is 3.93. The van der Waals surface area contributed by atoms with Gasteiger partial charge in [-0.05, 0) is 30.3 Å². The zero-order valence-corrected chi connectivity index (χ0v) is 17.4. The summed E-state index contributed by atoms with van der Waals surface area (Å²) >= 11 is 0. The third kappa shape index (κ3) is 4.66. The Bertz CT molecular complexity index is 971. The van der Waals surface area contributed by atoms with Crippen LogP contribution < -0.4 is 15.0 Å². The van der Waals surface area contributed by atoms with Gasteiger partial charge in [-0.25, -0.2) is 17.7 Å². The minimum atomic E-state index is -3.73. The maximum absolute atomic E-state index is 12.6. The normalized spacial score (nSPS) is 14.7. The Balaban J connectivity index is 1.78. The molecule has 29 heavy (non-hydrogen) atoms. The zero-order valence-electron chi connectivity index (χ0n) is 16.6. The highest BCUT2D eigenvalue weighted by atomic mass is 32.2. The van der Waals surface area contributed by atoms with Gasteiger partial charge in [0.2, 0.25) is 10.0 Å². The quantitative estimate of drug-likeness (QED) is 0.754. The van der Waals surface area contributed by atoms with Gasteiger partial charge < -0.3 is 19.7 Å². The average molecular weight is 420 g/mol. The number of carbonyl (C=O) groups is 1. The van der Waals surface area contributed by atoms with Crippen molar-refractivity contribution in [3.63, 3.8) is 0 Å². The molecule has 2 aromatic rings. The molecular formula is C19H24N4O5S. The first-order valence-electron chi connectivity index (χ1n) is 9.03. The van der Waals surface area contributed by atoms with Crippen molar-refractivity contribution < 1.29 is 22.7 Å². The maximum atomic E-state index is 12.6. The lowest BCUT2D eigenvalue weighted by atomic mass is 10.2. The molecule has 0 aliphatic carbocycles. The summed E-state index contributed by atoms with van der Waals surface area (Å²) in [5.41, 5.74) is 0.711. The summed E-state index contributed by atoms with van der Waals surface area (Å²) in [5, 5.41) is 2.71. The number of amides is 1.